The summed E-state index contributed by atoms with van der Waals surface area (Å²) < 4.78 is 0. The van der Waals surface area contributed by atoms with Crippen molar-refractivity contribution in [1.29, 1.82) is 0 Å². The summed E-state index contributed by atoms with van der Waals surface area (Å²) in [6.07, 6.45) is 2.33. The molecule has 0 radical (unpaired) electrons. The molecule has 1 heterocycles. The molecule has 0 aliphatic carbocycles. The van der Waals surface area contributed by atoms with E-state index in [-0.39, 0.29) is 6.04 Å². The van der Waals surface area contributed by atoms with Gasteiger partial charge in [-0.1, -0.05) is 23.8 Å². The SMILES string of the molecule is Cc1ccc(C2NCCCC2N)c(C)c1. The van der Waals surface area contributed by atoms with E-state index in [1.807, 2.05) is 0 Å². The molecule has 3 N–H and O–H groups in total. The van der Waals surface area contributed by atoms with E-state index in [4.69, 9.17) is 5.73 Å². The average molecular weight is 204 g/mol. The van der Waals surface area contributed by atoms with Crippen LogP contribution in [0.4, 0.5) is 0 Å². The third-order valence-corrected chi connectivity index (χ3v) is 3.27. The fraction of sp³-hybridized carbons (Fsp3) is 0.538. The van der Waals surface area contributed by atoms with Gasteiger partial charge in [-0.25, -0.2) is 0 Å². The molecule has 2 atom stereocenters. The Morgan fingerprint density at radius 3 is 2.80 bits per heavy atom. The van der Waals surface area contributed by atoms with Gasteiger partial charge in [0, 0.05) is 12.1 Å². The molecule has 1 aromatic carbocycles. The van der Waals surface area contributed by atoms with E-state index < -0.39 is 0 Å². The molecule has 0 saturated carbocycles. The minimum absolute atomic E-state index is 0.264. The van der Waals surface area contributed by atoms with Crippen LogP contribution in [-0.4, -0.2) is 12.6 Å². The summed E-state index contributed by atoms with van der Waals surface area (Å²) in [5, 5.41) is 3.52. The van der Waals surface area contributed by atoms with Crippen LogP contribution >= 0.6 is 0 Å². The van der Waals surface area contributed by atoms with Crippen LogP contribution in [0, 0.1) is 13.8 Å². The van der Waals surface area contributed by atoms with Crippen molar-refractivity contribution in [2.24, 2.45) is 5.73 Å². The number of hydrogen-bond acceptors (Lipinski definition) is 2. The van der Waals surface area contributed by atoms with E-state index in [1.54, 1.807) is 0 Å². The van der Waals surface area contributed by atoms with Gasteiger partial charge in [0.15, 0.2) is 0 Å². The Bertz CT molecular complexity index is 346. The Kier molecular flexibility index (Phi) is 3.08. The van der Waals surface area contributed by atoms with E-state index in [1.165, 1.54) is 23.1 Å². The molecular formula is C13H20N2. The van der Waals surface area contributed by atoms with Crippen molar-refractivity contribution < 1.29 is 0 Å². The fourth-order valence-electron chi connectivity index (χ4n) is 2.43. The van der Waals surface area contributed by atoms with Crippen LogP contribution in [0.5, 0.6) is 0 Å². The van der Waals surface area contributed by atoms with Gasteiger partial charge in [-0.3, -0.25) is 0 Å². The van der Waals surface area contributed by atoms with E-state index in [0.29, 0.717) is 6.04 Å². The number of rotatable bonds is 1. The number of hydrogen-bond donors (Lipinski definition) is 2. The highest BCUT2D eigenvalue weighted by Gasteiger charge is 2.23. The molecule has 1 aromatic rings. The summed E-state index contributed by atoms with van der Waals surface area (Å²) in [4.78, 5) is 0. The molecule has 1 aliphatic rings. The predicted molar refractivity (Wildman–Crippen MR) is 63.9 cm³/mol. The quantitative estimate of drug-likeness (QED) is 0.735. The Morgan fingerprint density at radius 2 is 2.13 bits per heavy atom. The largest absolute Gasteiger partial charge is 0.326 e. The standard InChI is InChI=1S/C13H20N2/c1-9-5-6-11(10(2)8-9)13-12(14)4-3-7-15-13/h5-6,8,12-13,15H,3-4,7,14H2,1-2H3. The molecule has 0 spiro atoms. The van der Waals surface area contributed by atoms with Crippen molar-refractivity contribution in [3.05, 3.63) is 34.9 Å². The number of aryl methyl sites for hydroxylation is 2. The third-order valence-electron chi connectivity index (χ3n) is 3.27. The first-order valence-corrected chi connectivity index (χ1v) is 5.74. The predicted octanol–water partition coefficient (Wildman–Crippen LogP) is 2.06. The molecule has 0 bridgehead atoms. The molecule has 0 aromatic heterocycles. The zero-order chi connectivity index (χ0) is 10.8. The molecule has 82 valence electrons. The maximum Gasteiger partial charge on any atom is 0.0476 e. The van der Waals surface area contributed by atoms with Crippen molar-refractivity contribution in [2.75, 3.05) is 6.54 Å². The van der Waals surface area contributed by atoms with Gasteiger partial charge in [-0.2, -0.15) is 0 Å². The van der Waals surface area contributed by atoms with Gasteiger partial charge in [-0.15, -0.1) is 0 Å². The Labute approximate surface area is 91.9 Å². The first-order chi connectivity index (χ1) is 7.18. The summed E-state index contributed by atoms with van der Waals surface area (Å²) in [5.74, 6) is 0. The second-order valence-corrected chi connectivity index (χ2v) is 4.60. The molecule has 1 saturated heterocycles. The van der Waals surface area contributed by atoms with Gasteiger partial charge >= 0.3 is 0 Å². The lowest BCUT2D eigenvalue weighted by Gasteiger charge is -2.31. The van der Waals surface area contributed by atoms with E-state index in [9.17, 15) is 0 Å². The van der Waals surface area contributed by atoms with Crippen molar-refractivity contribution >= 4 is 0 Å². The van der Waals surface area contributed by atoms with Crippen LogP contribution in [0.2, 0.25) is 0 Å². The van der Waals surface area contributed by atoms with E-state index in [2.05, 4.69) is 37.4 Å². The topological polar surface area (TPSA) is 38.0 Å². The molecule has 15 heavy (non-hydrogen) atoms. The fourth-order valence-corrected chi connectivity index (χ4v) is 2.43. The second-order valence-electron chi connectivity index (χ2n) is 4.60. The highest BCUT2D eigenvalue weighted by molar-refractivity contribution is 5.33. The summed E-state index contributed by atoms with van der Waals surface area (Å²) in [6.45, 7) is 5.39. The van der Waals surface area contributed by atoms with Gasteiger partial charge < -0.3 is 11.1 Å². The van der Waals surface area contributed by atoms with Crippen LogP contribution < -0.4 is 11.1 Å². The summed E-state index contributed by atoms with van der Waals surface area (Å²) in [5.41, 5.74) is 10.2. The zero-order valence-electron chi connectivity index (χ0n) is 9.59. The minimum atomic E-state index is 0.264. The molecule has 2 nitrogen and oxygen atoms in total. The molecular weight excluding hydrogens is 184 g/mol. The van der Waals surface area contributed by atoms with Crippen LogP contribution in [0.15, 0.2) is 18.2 Å². The summed E-state index contributed by atoms with van der Waals surface area (Å²) >= 11 is 0. The van der Waals surface area contributed by atoms with Gasteiger partial charge in [0.25, 0.3) is 0 Å². The van der Waals surface area contributed by atoms with Gasteiger partial charge in [-0.05, 0) is 44.4 Å². The maximum absolute atomic E-state index is 6.16. The van der Waals surface area contributed by atoms with Crippen LogP contribution in [-0.2, 0) is 0 Å². The second kappa shape index (κ2) is 4.33. The van der Waals surface area contributed by atoms with Gasteiger partial charge in [0.1, 0.15) is 0 Å². The lowest BCUT2D eigenvalue weighted by molar-refractivity contribution is 0.357. The average Bonchev–Trinajstić information content (AvgIpc) is 2.20. The first-order valence-electron chi connectivity index (χ1n) is 5.74. The number of piperidine rings is 1. The number of benzene rings is 1. The van der Waals surface area contributed by atoms with Crippen molar-refractivity contribution in [3.8, 4) is 0 Å². The summed E-state index contributed by atoms with van der Waals surface area (Å²) in [6, 6.07) is 7.23. The number of nitrogens with one attached hydrogen (secondary N) is 1. The Balaban J connectivity index is 2.27. The smallest absolute Gasteiger partial charge is 0.0476 e. The monoisotopic (exact) mass is 204 g/mol. The number of nitrogens with two attached hydrogens (primary N) is 1. The molecule has 2 heteroatoms. The lowest BCUT2D eigenvalue weighted by Crippen LogP contribution is -2.43. The highest BCUT2D eigenvalue weighted by Crippen LogP contribution is 2.25. The Morgan fingerprint density at radius 1 is 1.33 bits per heavy atom. The van der Waals surface area contributed by atoms with Crippen molar-refractivity contribution in [3.63, 3.8) is 0 Å². The van der Waals surface area contributed by atoms with Crippen molar-refractivity contribution in [1.82, 2.24) is 5.32 Å². The minimum Gasteiger partial charge on any atom is -0.326 e. The van der Waals surface area contributed by atoms with E-state index in [0.717, 1.165) is 13.0 Å². The van der Waals surface area contributed by atoms with Crippen molar-refractivity contribution in [2.45, 2.75) is 38.8 Å². The maximum atomic E-state index is 6.16. The van der Waals surface area contributed by atoms with Crippen LogP contribution in [0.3, 0.4) is 0 Å². The molecule has 1 fully saturated rings. The Hall–Kier alpha value is -0.860. The molecule has 1 aliphatic heterocycles. The molecule has 2 unspecified atom stereocenters. The zero-order valence-corrected chi connectivity index (χ0v) is 9.59. The lowest BCUT2D eigenvalue weighted by atomic mass is 9.90. The van der Waals surface area contributed by atoms with Gasteiger partial charge in [0.05, 0.1) is 0 Å². The molecule has 2 rings (SSSR count). The normalized spacial score (nSPS) is 26.6. The summed E-state index contributed by atoms with van der Waals surface area (Å²) in [7, 11) is 0. The third kappa shape index (κ3) is 2.21. The van der Waals surface area contributed by atoms with E-state index >= 15 is 0 Å². The molecule has 0 amide bonds. The van der Waals surface area contributed by atoms with Crippen LogP contribution in [0.25, 0.3) is 0 Å². The van der Waals surface area contributed by atoms with Gasteiger partial charge in [0.2, 0.25) is 0 Å². The first kappa shape index (κ1) is 10.7. The van der Waals surface area contributed by atoms with Crippen LogP contribution in [0.1, 0.15) is 35.6 Å². The highest BCUT2D eigenvalue weighted by atomic mass is 15.0.